The van der Waals surface area contributed by atoms with Gasteiger partial charge in [0, 0.05) is 41.2 Å². The Labute approximate surface area is 236 Å². The van der Waals surface area contributed by atoms with Crippen molar-refractivity contribution in [2.75, 3.05) is 24.9 Å². The van der Waals surface area contributed by atoms with Gasteiger partial charge in [0.2, 0.25) is 5.28 Å². The van der Waals surface area contributed by atoms with E-state index in [1.54, 1.807) is 6.92 Å². The van der Waals surface area contributed by atoms with Gasteiger partial charge in [-0.25, -0.2) is 17.2 Å². The topological polar surface area (TPSA) is 97.6 Å². The predicted octanol–water partition coefficient (Wildman–Crippen LogP) is 4.71. The maximum absolute atomic E-state index is 13.7. The first-order valence-corrected chi connectivity index (χ1v) is 12.3. The summed E-state index contributed by atoms with van der Waals surface area (Å²) in [5.41, 5.74) is -1.45. The smallest absolute Gasteiger partial charge is 0.410 e. The maximum atomic E-state index is 13.7. The van der Waals surface area contributed by atoms with Crippen LogP contribution in [0.1, 0.15) is 58.8 Å². The van der Waals surface area contributed by atoms with Crippen molar-refractivity contribution in [3.05, 3.63) is 47.4 Å². The van der Waals surface area contributed by atoms with E-state index in [9.17, 15) is 14.6 Å². The SMILES string of the molecule is [2H]C([2H])([2H])N(c1nc(Cl)nc2c1ccn2S(=O)(=O)c1ccc(C)cc1)C1([2H])C([2H])([2H])N(C(=O)OC(C)(C)C)C([2H])([2H])C([2H])([2H])C1([2H])C([2H])([2H])[2H]. The fraction of sp³-hybridized carbons (Fsp3) is 0.480. The Balaban J connectivity index is 2.19. The zero-order valence-corrected chi connectivity index (χ0v) is 21.2. The number of hydrogen-bond donors (Lipinski definition) is 0. The fourth-order valence-electron chi connectivity index (χ4n) is 3.17. The van der Waals surface area contributed by atoms with Crippen molar-refractivity contribution in [3.8, 4) is 0 Å². The van der Waals surface area contributed by atoms with Crippen LogP contribution in [0.5, 0.6) is 0 Å². The lowest BCUT2D eigenvalue weighted by Gasteiger charge is -2.42. The minimum Gasteiger partial charge on any atom is -0.444 e. The average molecular weight is 548 g/mol. The highest BCUT2D eigenvalue weighted by atomic mass is 35.5. The molecule has 3 heterocycles. The summed E-state index contributed by atoms with van der Waals surface area (Å²) < 4.78 is 155. The molecule has 1 saturated heterocycles. The number of hydrogen-bond acceptors (Lipinski definition) is 7. The van der Waals surface area contributed by atoms with E-state index in [2.05, 4.69) is 9.97 Å². The van der Waals surface area contributed by atoms with Crippen molar-refractivity contribution >= 4 is 44.6 Å². The third kappa shape index (κ3) is 5.15. The summed E-state index contributed by atoms with van der Waals surface area (Å²) in [4.78, 5) is 20.0. The van der Waals surface area contributed by atoms with Crippen LogP contribution < -0.4 is 4.90 Å². The van der Waals surface area contributed by atoms with Gasteiger partial charge >= 0.3 is 6.09 Å². The number of likely N-dealkylation sites (tertiary alicyclic amines) is 1. The van der Waals surface area contributed by atoms with Gasteiger partial charge in [-0.1, -0.05) is 24.5 Å². The summed E-state index contributed by atoms with van der Waals surface area (Å²) in [5.74, 6) is -5.60. The third-order valence-electron chi connectivity index (χ3n) is 4.80. The highest BCUT2D eigenvalue weighted by Gasteiger charge is 2.35. The van der Waals surface area contributed by atoms with E-state index in [4.69, 9.17) is 34.2 Å². The number of anilines is 1. The molecule has 2 atom stereocenters. The first-order chi connectivity index (χ1) is 22.2. The molecule has 0 radical (unpaired) electrons. The van der Waals surface area contributed by atoms with Crippen molar-refractivity contribution in [3.63, 3.8) is 0 Å². The van der Waals surface area contributed by atoms with E-state index >= 15 is 0 Å². The quantitative estimate of drug-likeness (QED) is 0.436. The Hall–Kier alpha value is -2.85. The number of ether oxygens (including phenoxy) is 1. The summed E-state index contributed by atoms with van der Waals surface area (Å²) in [5, 5.41) is -1.51. The number of benzene rings is 1. The second kappa shape index (κ2) is 9.55. The Bertz CT molecular complexity index is 1950. The molecule has 0 N–H and O–H groups in total. The maximum Gasteiger partial charge on any atom is 0.410 e. The van der Waals surface area contributed by atoms with Crippen LogP contribution in [0.4, 0.5) is 10.6 Å². The molecular weight excluding hydrogens is 502 g/mol. The fourth-order valence-corrected chi connectivity index (χ4v) is 4.62. The van der Waals surface area contributed by atoms with Crippen LogP contribution in [0.3, 0.4) is 0 Å². The molecule has 0 bridgehead atoms. The van der Waals surface area contributed by atoms with Gasteiger partial charge in [0.15, 0.2) is 5.65 Å². The Morgan fingerprint density at radius 2 is 2.00 bits per heavy atom. The van der Waals surface area contributed by atoms with Gasteiger partial charge in [-0.2, -0.15) is 9.97 Å². The second-order valence-corrected chi connectivity index (χ2v) is 10.9. The van der Waals surface area contributed by atoms with Crippen LogP contribution in [0.2, 0.25) is 5.28 Å². The number of rotatable bonds is 4. The number of amides is 1. The summed E-state index contributed by atoms with van der Waals surface area (Å²) in [7, 11) is -4.53. The average Bonchev–Trinajstić information content (AvgIpc) is 3.34. The van der Waals surface area contributed by atoms with Gasteiger partial charge in [0.05, 0.1) is 20.4 Å². The zero-order chi connectivity index (χ0) is 38.6. The molecule has 4 rings (SSSR count). The van der Waals surface area contributed by atoms with Crippen LogP contribution >= 0.6 is 11.6 Å². The summed E-state index contributed by atoms with van der Waals surface area (Å²) in [6.07, 6.45) is -5.37. The van der Waals surface area contributed by atoms with Crippen LogP contribution in [-0.4, -0.2) is 64.9 Å². The molecule has 1 amide bonds. The number of halogens is 1. The molecule has 9 nitrogen and oxygen atoms in total. The van der Waals surface area contributed by atoms with Crippen molar-refractivity contribution in [1.82, 2.24) is 18.8 Å². The first-order valence-electron chi connectivity index (χ1n) is 17.4. The number of aromatic nitrogens is 3. The van der Waals surface area contributed by atoms with Crippen molar-refractivity contribution < 1.29 is 37.1 Å². The standard InChI is InChI=1S/C25H32ClN5O4S/c1-16-7-9-18(10-8-16)36(33,34)31-14-12-19-21(27-23(26)28-22(19)31)29(6)20-15-30(13-11-17(20)2)24(32)35-25(3,4)5/h7-10,12,14,17,20H,11,13,15H2,1-6H3/i2D3,6D3,11D2,13D2,15D2,17D,20D. The largest absolute Gasteiger partial charge is 0.444 e. The van der Waals surface area contributed by atoms with E-state index in [1.165, 1.54) is 45.0 Å². The predicted molar refractivity (Wildman–Crippen MR) is 140 cm³/mol. The Morgan fingerprint density at radius 1 is 1.28 bits per heavy atom. The normalized spacial score (nSPS) is 33.6. The molecule has 0 spiro atoms. The molecular formula is C25H32ClN5O4S. The molecule has 194 valence electrons. The third-order valence-corrected chi connectivity index (χ3v) is 6.65. The number of carbonyl (C=O) groups is 1. The highest BCUT2D eigenvalue weighted by Crippen LogP contribution is 2.32. The minimum atomic E-state index is -4.53. The van der Waals surface area contributed by atoms with Gasteiger partial charge in [0.1, 0.15) is 11.4 Å². The van der Waals surface area contributed by atoms with Crippen molar-refractivity contribution in [2.45, 2.75) is 57.4 Å². The molecule has 1 aliphatic rings. The first kappa shape index (κ1) is 13.6. The molecule has 1 aliphatic heterocycles. The van der Waals surface area contributed by atoms with Gasteiger partial charge < -0.3 is 14.5 Å². The lowest BCUT2D eigenvalue weighted by atomic mass is 9.92. The van der Waals surface area contributed by atoms with Crippen LogP contribution in [-0.2, 0) is 14.8 Å². The minimum absolute atomic E-state index is 0.263. The molecule has 3 aromatic rings. The number of nitrogens with zero attached hydrogens (tertiary/aromatic N) is 5. The molecule has 0 saturated carbocycles. The Morgan fingerprint density at radius 3 is 2.64 bits per heavy atom. The van der Waals surface area contributed by atoms with Gasteiger partial charge in [-0.15, -0.1) is 0 Å². The van der Waals surface area contributed by atoms with Gasteiger partial charge in [0.25, 0.3) is 10.0 Å². The van der Waals surface area contributed by atoms with Crippen LogP contribution in [0.25, 0.3) is 11.0 Å². The Kier molecular flexibility index (Phi) is 3.61. The number of fused-ring (bicyclic) bond motifs is 1. The summed E-state index contributed by atoms with van der Waals surface area (Å²) in [6, 6.07) is 2.01. The second-order valence-electron chi connectivity index (χ2n) is 8.71. The monoisotopic (exact) mass is 547 g/mol. The van der Waals surface area contributed by atoms with Crippen LogP contribution in [0.15, 0.2) is 41.4 Å². The molecule has 11 heteroatoms. The van der Waals surface area contributed by atoms with Crippen molar-refractivity contribution in [1.29, 1.82) is 0 Å². The van der Waals surface area contributed by atoms with E-state index in [0.717, 1.165) is 12.3 Å². The highest BCUT2D eigenvalue weighted by molar-refractivity contribution is 7.90. The number of piperidine rings is 1. The lowest BCUT2D eigenvalue weighted by molar-refractivity contribution is 0.0165. The summed E-state index contributed by atoms with van der Waals surface area (Å²) >= 11 is 6.16. The van der Waals surface area contributed by atoms with E-state index < -0.39 is 93.9 Å². The molecule has 1 aromatic carbocycles. The number of aryl methyl sites for hydroxylation is 1. The van der Waals surface area contributed by atoms with Crippen LogP contribution in [0, 0.1) is 12.8 Å². The number of likely N-dealkylation sites (N-methyl/N-ethyl adjacent to an activating group) is 1. The molecule has 1 fully saturated rings. The number of carbonyl (C=O) groups excluding carboxylic acids is 1. The molecule has 0 aliphatic carbocycles. The molecule has 2 aromatic heterocycles. The molecule has 36 heavy (non-hydrogen) atoms. The van der Waals surface area contributed by atoms with E-state index in [-0.39, 0.29) is 9.80 Å². The zero-order valence-electron chi connectivity index (χ0n) is 33.6. The molecule has 2 unspecified atom stereocenters. The van der Waals surface area contributed by atoms with Gasteiger partial charge in [-0.05, 0) is 69.8 Å². The van der Waals surface area contributed by atoms with E-state index in [0.29, 0.717) is 9.54 Å². The van der Waals surface area contributed by atoms with Crippen molar-refractivity contribution in [2.24, 2.45) is 5.89 Å². The summed E-state index contributed by atoms with van der Waals surface area (Å²) in [6.45, 7) is -11.0. The lowest BCUT2D eigenvalue weighted by Crippen LogP contribution is -2.53. The van der Waals surface area contributed by atoms with Gasteiger partial charge in [-0.3, -0.25) is 0 Å². The van der Waals surface area contributed by atoms with E-state index in [1.807, 2.05) is 0 Å².